The van der Waals surface area contributed by atoms with Crippen molar-refractivity contribution < 1.29 is 38.7 Å². The second-order valence-corrected chi connectivity index (χ2v) is 10.5. The number of aliphatic carboxylic acids is 1. The van der Waals surface area contributed by atoms with E-state index >= 15 is 0 Å². The van der Waals surface area contributed by atoms with Gasteiger partial charge in [-0.25, -0.2) is 14.8 Å². The third kappa shape index (κ3) is 9.23. The van der Waals surface area contributed by atoms with E-state index in [-0.39, 0.29) is 68.9 Å². The summed E-state index contributed by atoms with van der Waals surface area (Å²) in [6, 6.07) is 8.98. The molecular formula is C28H36N6O8. The number of nitrogens with zero attached hydrogens (tertiary/aromatic N) is 4. The van der Waals surface area contributed by atoms with Crippen LogP contribution in [0.25, 0.3) is 11.4 Å². The van der Waals surface area contributed by atoms with E-state index in [4.69, 9.17) is 9.57 Å². The van der Waals surface area contributed by atoms with Crippen molar-refractivity contribution in [1.29, 1.82) is 0 Å². The van der Waals surface area contributed by atoms with Gasteiger partial charge in [-0.15, -0.1) is 5.06 Å². The van der Waals surface area contributed by atoms with Gasteiger partial charge in [0.2, 0.25) is 11.8 Å². The van der Waals surface area contributed by atoms with Crippen molar-refractivity contribution in [3.05, 3.63) is 42.1 Å². The van der Waals surface area contributed by atoms with Gasteiger partial charge in [0.15, 0.2) is 5.82 Å². The summed E-state index contributed by atoms with van der Waals surface area (Å²) in [5.74, 6) is -2.41. The summed E-state index contributed by atoms with van der Waals surface area (Å²) in [6.07, 6.45) is -1.38. The standard InChI is InChI=1S/C28H36N6O8/c1-5-41-27(40)42-34-15-13-33(14-16-34)25(38)19(11-12-22(35)36)30-24(37)20-17-21(32-26(39)28(2,3)4)31-23(29-20)18-9-7-6-8-10-18/h6-10,17,19H,5,11-16H2,1-4H3,(H,30,37)(H,35,36)(H,29,31,32,39)/t19-/m0/s1. The molecule has 0 bridgehead atoms. The first kappa shape index (κ1) is 31.9. The van der Waals surface area contributed by atoms with Crippen LogP contribution in [0.1, 0.15) is 51.0 Å². The van der Waals surface area contributed by atoms with E-state index in [2.05, 4.69) is 20.6 Å². The molecule has 14 heteroatoms. The molecule has 3 amide bonds. The summed E-state index contributed by atoms with van der Waals surface area (Å²) >= 11 is 0. The number of nitrogens with one attached hydrogen (secondary N) is 2. The number of ether oxygens (including phenoxy) is 1. The van der Waals surface area contributed by atoms with Crippen molar-refractivity contribution in [3.63, 3.8) is 0 Å². The normalized spacial score (nSPS) is 14.4. The Morgan fingerprint density at radius 2 is 1.69 bits per heavy atom. The monoisotopic (exact) mass is 584 g/mol. The van der Waals surface area contributed by atoms with Gasteiger partial charge in [0.25, 0.3) is 5.91 Å². The fourth-order valence-corrected chi connectivity index (χ4v) is 3.87. The molecule has 1 saturated heterocycles. The first-order valence-corrected chi connectivity index (χ1v) is 13.5. The molecule has 1 aromatic heterocycles. The summed E-state index contributed by atoms with van der Waals surface area (Å²) < 4.78 is 4.76. The van der Waals surface area contributed by atoms with Gasteiger partial charge >= 0.3 is 12.1 Å². The van der Waals surface area contributed by atoms with Gasteiger partial charge in [0.05, 0.1) is 19.7 Å². The first-order chi connectivity index (χ1) is 19.9. The van der Waals surface area contributed by atoms with Gasteiger partial charge in [-0.1, -0.05) is 51.1 Å². The fraction of sp³-hybridized carbons (Fsp3) is 0.464. The molecule has 14 nitrogen and oxygen atoms in total. The molecule has 1 aliphatic heterocycles. The van der Waals surface area contributed by atoms with Gasteiger partial charge in [-0.3, -0.25) is 19.2 Å². The average molecular weight is 585 g/mol. The average Bonchev–Trinajstić information content (AvgIpc) is 2.95. The Morgan fingerprint density at radius 3 is 2.29 bits per heavy atom. The topological polar surface area (TPSA) is 180 Å². The molecule has 0 radical (unpaired) electrons. The van der Waals surface area contributed by atoms with Crippen LogP contribution < -0.4 is 10.6 Å². The van der Waals surface area contributed by atoms with Crippen molar-refractivity contribution >= 4 is 35.7 Å². The molecule has 0 saturated carbocycles. The van der Waals surface area contributed by atoms with Crippen molar-refractivity contribution in [3.8, 4) is 11.4 Å². The Labute approximate surface area is 243 Å². The third-order valence-corrected chi connectivity index (χ3v) is 6.18. The number of carboxylic acids is 1. The number of carboxylic acid groups (broad SMARTS) is 1. The summed E-state index contributed by atoms with van der Waals surface area (Å²) in [6.45, 7) is 7.76. The molecule has 0 aliphatic carbocycles. The summed E-state index contributed by atoms with van der Waals surface area (Å²) in [5.41, 5.74) is -0.256. The predicted octanol–water partition coefficient (Wildman–Crippen LogP) is 2.32. The van der Waals surface area contributed by atoms with E-state index in [1.165, 1.54) is 16.0 Å². The molecule has 1 atom stereocenters. The minimum Gasteiger partial charge on any atom is -0.481 e. The number of hydrogen-bond acceptors (Lipinski definition) is 10. The quantitative estimate of drug-likeness (QED) is 0.349. The Kier molecular flexibility index (Phi) is 10.9. The Hall–Kier alpha value is -4.59. The summed E-state index contributed by atoms with van der Waals surface area (Å²) in [5, 5.41) is 15.9. The molecule has 0 spiro atoms. The number of amides is 3. The SMILES string of the molecule is CCOC(=O)ON1CCN(C(=O)[C@H](CCC(=O)O)NC(=O)c2cc(NC(=O)C(C)(C)C)nc(-c3ccccc3)n2)CC1. The molecule has 42 heavy (non-hydrogen) atoms. The predicted molar refractivity (Wildman–Crippen MR) is 150 cm³/mol. The number of benzene rings is 1. The maximum absolute atomic E-state index is 13.4. The van der Waals surface area contributed by atoms with E-state index in [1.54, 1.807) is 52.0 Å². The maximum Gasteiger partial charge on any atom is 0.527 e. The molecule has 1 aromatic carbocycles. The van der Waals surface area contributed by atoms with E-state index in [9.17, 15) is 29.1 Å². The van der Waals surface area contributed by atoms with Gasteiger partial charge in [-0.05, 0) is 13.3 Å². The number of rotatable bonds is 10. The highest BCUT2D eigenvalue weighted by Crippen LogP contribution is 2.21. The molecule has 1 aliphatic rings. The third-order valence-electron chi connectivity index (χ3n) is 6.18. The molecule has 1 fully saturated rings. The number of hydroxylamine groups is 2. The van der Waals surface area contributed by atoms with Crippen LogP contribution in [0.3, 0.4) is 0 Å². The van der Waals surface area contributed by atoms with Crippen LogP contribution in [0.4, 0.5) is 10.6 Å². The zero-order valence-corrected chi connectivity index (χ0v) is 24.1. The maximum atomic E-state index is 13.4. The highest BCUT2D eigenvalue weighted by atomic mass is 16.8. The number of hydrogen-bond donors (Lipinski definition) is 3. The Balaban J connectivity index is 1.81. The Bertz CT molecular complexity index is 1290. The first-order valence-electron chi connectivity index (χ1n) is 13.5. The van der Waals surface area contributed by atoms with E-state index in [1.807, 2.05) is 6.07 Å². The lowest BCUT2D eigenvalue weighted by atomic mass is 9.96. The second-order valence-electron chi connectivity index (χ2n) is 10.5. The van der Waals surface area contributed by atoms with Crippen LogP contribution >= 0.6 is 0 Å². The van der Waals surface area contributed by atoms with Crippen LogP contribution in [-0.4, -0.2) is 93.7 Å². The Morgan fingerprint density at radius 1 is 1.02 bits per heavy atom. The lowest BCUT2D eigenvalue weighted by molar-refractivity contribution is -0.157. The van der Waals surface area contributed by atoms with Crippen LogP contribution in [0.5, 0.6) is 0 Å². The molecule has 2 heterocycles. The summed E-state index contributed by atoms with van der Waals surface area (Å²) in [7, 11) is 0. The zero-order valence-electron chi connectivity index (χ0n) is 24.1. The largest absolute Gasteiger partial charge is 0.527 e. The van der Waals surface area contributed by atoms with Crippen molar-refractivity contribution in [2.75, 3.05) is 38.1 Å². The van der Waals surface area contributed by atoms with Gasteiger partial charge in [0.1, 0.15) is 17.6 Å². The number of piperazine rings is 1. The fourth-order valence-electron chi connectivity index (χ4n) is 3.87. The lowest BCUT2D eigenvalue weighted by Gasteiger charge is -2.35. The van der Waals surface area contributed by atoms with Gasteiger partial charge in [0, 0.05) is 36.6 Å². The summed E-state index contributed by atoms with van der Waals surface area (Å²) in [4.78, 5) is 77.7. The number of aromatic nitrogens is 2. The van der Waals surface area contributed by atoms with Crippen LogP contribution in [-0.2, 0) is 24.0 Å². The molecule has 0 unspecified atom stereocenters. The van der Waals surface area contributed by atoms with E-state index in [0.29, 0.717) is 5.56 Å². The van der Waals surface area contributed by atoms with Crippen molar-refractivity contribution in [1.82, 2.24) is 25.2 Å². The van der Waals surface area contributed by atoms with Crippen molar-refractivity contribution in [2.24, 2.45) is 5.41 Å². The smallest absolute Gasteiger partial charge is 0.481 e. The number of carbonyl (C=O) groups is 5. The molecule has 3 rings (SSSR count). The molecule has 226 valence electrons. The van der Waals surface area contributed by atoms with Crippen LogP contribution in [0, 0.1) is 5.41 Å². The minimum atomic E-state index is -1.17. The van der Waals surface area contributed by atoms with E-state index in [0.717, 1.165) is 0 Å². The van der Waals surface area contributed by atoms with Gasteiger partial charge in [-0.2, -0.15) is 0 Å². The molecular weight excluding hydrogens is 548 g/mol. The number of carbonyl (C=O) groups excluding carboxylic acids is 4. The lowest BCUT2D eigenvalue weighted by Crippen LogP contribution is -2.55. The number of anilines is 1. The zero-order chi connectivity index (χ0) is 30.9. The highest BCUT2D eigenvalue weighted by molar-refractivity contribution is 5.99. The minimum absolute atomic E-state index is 0.0973. The van der Waals surface area contributed by atoms with E-state index < -0.39 is 35.4 Å². The van der Waals surface area contributed by atoms with Crippen LogP contribution in [0.15, 0.2) is 36.4 Å². The van der Waals surface area contributed by atoms with Gasteiger partial charge < -0.3 is 30.2 Å². The van der Waals surface area contributed by atoms with Crippen molar-refractivity contribution in [2.45, 2.75) is 46.6 Å². The highest BCUT2D eigenvalue weighted by Gasteiger charge is 2.31. The molecule has 3 N–H and O–H groups in total. The van der Waals surface area contributed by atoms with Crippen LogP contribution in [0.2, 0.25) is 0 Å². The second kappa shape index (κ2) is 14.3. The molecule has 2 aromatic rings.